The van der Waals surface area contributed by atoms with Crippen LogP contribution in [-0.4, -0.2) is 103 Å². The van der Waals surface area contributed by atoms with Gasteiger partial charge in [0, 0.05) is 57.8 Å². The molecule has 3 atom stereocenters. The second kappa shape index (κ2) is 19.8. The highest BCUT2D eigenvalue weighted by Gasteiger charge is 2.31. The van der Waals surface area contributed by atoms with Crippen molar-refractivity contribution in [2.24, 2.45) is 11.7 Å². The molecule has 2 aromatic carbocycles. The van der Waals surface area contributed by atoms with Crippen LogP contribution in [0.1, 0.15) is 36.0 Å². The van der Waals surface area contributed by atoms with E-state index >= 15 is 0 Å². The largest absolute Gasteiger partial charge is 0.508 e. The van der Waals surface area contributed by atoms with Crippen molar-refractivity contribution < 1.29 is 38.6 Å². The van der Waals surface area contributed by atoms with Gasteiger partial charge in [0.2, 0.25) is 35.4 Å². The number of nitrogens with two attached hydrogens (primary N) is 1. The maximum absolute atomic E-state index is 13.6. The Labute approximate surface area is 296 Å². The Morgan fingerprint density at radius 2 is 1.69 bits per heavy atom. The molecule has 0 aromatic heterocycles. The van der Waals surface area contributed by atoms with Gasteiger partial charge in [-0.3, -0.25) is 28.8 Å². The number of nitrogens with zero attached hydrogens (tertiary/aromatic N) is 1. The molecule has 4 rings (SSSR count). The number of ether oxygens (including phenoxy) is 1. The summed E-state index contributed by atoms with van der Waals surface area (Å²) in [5.41, 5.74) is 7.42. The van der Waals surface area contributed by atoms with Crippen molar-refractivity contribution in [2.45, 2.75) is 50.7 Å². The Hall–Kier alpha value is -5.28. The Kier molecular flexibility index (Phi) is 14.9. The molecule has 0 radical (unpaired) electrons. The number of hydrogen-bond acceptors (Lipinski definition) is 9. The second-order valence-corrected chi connectivity index (χ2v) is 12.4. The van der Waals surface area contributed by atoms with Gasteiger partial charge >= 0.3 is 0 Å². The number of piperidine rings is 1. The molecule has 2 aliphatic rings. The van der Waals surface area contributed by atoms with E-state index in [9.17, 15) is 33.9 Å². The van der Waals surface area contributed by atoms with Gasteiger partial charge in [0.1, 0.15) is 17.8 Å². The Balaban J connectivity index is 1.56. The van der Waals surface area contributed by atoms with E-state index in [2.05, 4.69) is 26.6 Å². The molecule has 8 N–H and O–H groups in total. The first-order chi connectivity index (χ1) is 24.6. The van der Waals surface area contributed by atoms with Crippen molar-refractivity contribution in [3.63, 3.8) is 0 Å². The lowest BCUT2D eigenvalue weighted by molar-refractivity contribution is -0.135. The van der Waals surface area contributed by atoms with Crippen LogP contribution in [0, 0.1) is 5.92 Å². The molecule has 274 valence electrons. The first kappa shape index (κ1) is 38.5. The Morgan fingerprint density at radius 1 is 0.922 bits per heavy atom. The molecule has 2 heterocycles. The fraction of sp³-hybridized carbons (Fsp3) is 0.444. The van der Waals surface area contributed by atoms with Crippen LogP contribution in [0.15, 0.2) is 60.7 Å². The molecular weight excluding hydrogens is 658 g/mol. The highest BCUT2D eigenvalue weighted by molar-refractivity contribution is 5.97. The van der Waals surface area contributed by atoms with Gasteiger partial charge in [-0.2, -0.15) is 0 Å². The standard InChI is InChI=1S/C36H47N7O8/c37-14-18-51-19-16-39-35(49)29-13-15-38-31(45)11-12-33(47)43-17-3-6-27(23-43)34(48)42-30(20-24-7-9-28(44)10-8-24)36(50)40-22-26-5-2-1-4-25(26)21-32(46)41-29/h1-2,4-5,7-12,27,29-30,44H,3,6,13-23,37H2,(H,38,45)(H,39,49)(H,40,50)(H,41,46)(H,42,48)/b12-11+/t27-,29+,30+/m1/s1. The summed E-state index contributed by atoms with van der Waals surface area (Å²) in [6.07, 6.45) is 3.40. The molecule has 2 aromatic rings. The third-order valence-electron chi connectivity index (χ3n) is 8.60. The van der Waals surface area contributed by atoms with Crippen LogP contribution in [0.5, 0.6) is 5.75 Å². The summed E-state index contributed by atoms with van der Waals surface area (Å²) >= 11 is 0. The first-order valence-corrected chi connectivity index (χ1v) is 17.2. The Bertz CT molecular complexity index is 1560. The zero-order valence-electron chi connectivity index (χ0n) is 28.5. The quantitative estimate of drug-likeness (QED) is 0.170. The van der Waals surface area contributed by atoms with Crippen molar-refractivity contribution >= 4 is 35.4 Å². The van der Waals surface area contributed by atoms with E-state index in [1.165, 1.54) is 17.0 Å². The van der Waals surface area contributed by atoms with Gasteiger partial charge in [0.05, 0.1) is 25.6 Å². The summed E-state index contributed by atoms with van der Waals surface area (Å²) in [6, 6.07) is 11.4. The van der Waals surface area contributed by atoms with E-state index in [1.807, 2.05) is 0 Å². The topological polar surface area (TPSA) is 221 Å². The number of phenols is 1. The van der Waals surface area contributed by atoms with Gasteiger partial charge in [-0.25, -0.2) is 0 Å². The van der Waals surface area contributed by atoms with Crippen molar-refractivity contribution in [1.29, 1.82) is 0 Å². The maximum Gasteiger partial charge on any atom is 0.246 e. The average Bonchev–Trinajstić information content (AvgIpc) is 3.13. The van der Waals surface area contributed by atoms with Crippen LogP contribution in [0.2, 0.25) is 0 Å². The maximum atomic E-state index is 13.6. The van der Waals surface area contributed by atoms with E-state index < -0.39 is 47.5 Å². The molecule has 0 aliphatic carbocycles. The second-order valence-electron chi connectivity index (χ2n) is 12.4. The minimum absolute atomic E-state index is 0.0271. The number of benzene rings is 2. The fourth-order valence-corrected chi connectivity index (χ4v) is 5.86. The zero-order chi connectivity index (χ0) is 36.6. The van der Waals surface area contributed by atoms with E-state index in [4.69, 9.17) is 10.5 Å². The molecule has 2 bridgehead atoms. The molecular formula is C36H47N7O8. The highest BCUT2D eigenvalue weighted by Crippen LogP contribution is 2.19. The van der Waals surface area contributed by atoms with E-state index in [0.717, 1.165) is 12.2 Å². The minimum atomic E-state index is -0.989. The molecule has 1 fully saturated rings. The number of aromatic hydroxyl groups is 1. The molecule has 0 unspecified atom stereocenters. The summed E-state index contributed by atoms with van der Waals surface area (Å²) in [5, 5.41) is 23.6. The van der Waals surface area contributed by atoms with Crippen molar-refractivity contribution in [3.05, 3.63) is 77.4 Å². The van der Waals surface area contributed by atoms with E-state index in [0.29, 0.717) is 49.2 Å². The van der Waals surface area contributed by atoms with Crippen LogP contribution in [-0.2, 0) is 52.9 Å². The molecule has 1 saturated heterocycles. The van der Waals surface area contributed by atoms with Crippen molar-refractivity contribution in [2.75, 3.05) is 45.9 Å². The predicted octanol–water partition coefficient (Wildman–Crippen LogP) is -0.831. The van der Waals surface area contributed by atoms with Gasteiger partial charge in [0.15, 0.2) is 0 Å². The summed E-state index contributed by atoms with van der Waals surface area (Å²) < 4.78 is 5.31. The molecule has 0 saturated carbocycles. The van der Waals surface area contributed by atoms with Crippen LogP contribution in [0.25, 0.3) is 0 Å². The number of fused-ring (bicyclic) bond motifs is 3. The summed E-state index contributed by atoms with van der Waals surface area (Å²) in [6.45, 7) is 1.70. The Morgan fingerprint density at radius 3 is 2.45 bits per heavy atom. The molecule has 15 nitrogen and oxygen atoms in total. The predicted molar refractivity (Wildman–Crippen MR) is 187 cm³/mol. The zero-order valence-corrected chi connectivity index (χ0v) is 28.5. The molecule has 15 heteroatoms. The summed E-state index contributed by atoms with van der Waals surface area (Å²) in [5.74, 6) is -3.27. The first-order valence-electron chi connectivity index (χ1n) is 17.2. The highest BCUT2D eigenvalue weighted by atomic mass is 16.5. The van der Waals surface area contributed by atoms with Gasteiger partial charge in [-0.1, -0.05) is 36.4 Å². The third kappa shape index (κ3) is 12.5. The monoisotopic (exact) mass is 705 g/mol. The van der Waals surface area contributed by atoms with Crippen LogP contribution in [0.3, 0.4) is 0 Å². The average molecular weight is 706 g/mol. The summed E-state index contributed by atoms with van der Waals surface area (Å²) in [4.78, 5) is 80.6. The van der Waals surface area contributed by atoms with Gasteiger partial charge < -0.3 is 47.1 Å². The number of hydrogen-bond donors (Lipinski definition) is 7. The smallest absolute Gasteiger partial charge is 0.246 e. The SMILES string of the molecule is NCCOCCNC(=O)[C@@H]1CCNC(=O)/C=C/C(=O)N2CCC[C@H](C2)C(=O)N[C@@H](Cc2ccc(O)cc2)C(=O)NCc2ccccc2CC(=O)N1. The lowest BCUT2D eigenvalue weighted by Gasteiger charge is -2.32. The molecule has 6 amide bonds. The summed E-state index contributed by atoms with van der Waals surface area (Å²) in [7, 11) is 0. The number of carbonyl (C=O) groups is 6. The lowest BCUT2D eigenvalue weighted by Crippen LogP contribution is -2.52. The van der Waals surface area contributed by atoms with Crippen LogP contribution >= 0.6 is 0 Å². The molecule has 0 spiro atoms. The van der Waals surface area contributed by atoms with Gasteiger partial charge in [-0.15, -0.1) is 0 Å². The fourth-order valence-electron chi connectivity index (χ4n) is 5.86. The third-order valence-corrected chi connectivity index (χ3v) is 8.60. The molecule has 51 heavy (non-hydrogen) atoms. The lowest BCUT2D eigenvalue weighted by atomic mass is 9.95. The van der Waals surface area contributed by atoms with Gasteiger partial charge in [0.25, 0.3) is 0 Å². The number of rotatable bonds is 8. The molecule has 2 aliphatic heterocycles. The normalized spacial score (nSPS) is 21.8. The van der Waals surface area contributed by atoms with Crippen molar-refractivity contribution in [1.82, 2.24) is 31.5 Å². The van der Waals surface area contributed by atoms with Crippen molar-refractivity contribution in [3.8, 4) is 5.75 Å². The van der Waals surface area contributed by atoms with E-state index in [-0.39, 0.29) is 63.7 Å². The van der Waals surface area contributed by atoms with Gasteiger partial charge in [-0.05, 0) is 48.1 Å². The number of carbonyl (C=O) groups excluding carboxylic acids is 6. The van der Waals surface area contributed by atoms with E-state index in [1.54, 1.807) is 36.4 Å². The number of phenolic OH excluding ortho intramolecular Hbond substituents is 1. The minimum Gasteiger partial charge on any atom is -0.508 e. The number of amides is 6. The number of nitrogens with one attached hydrogen (secondary N) is 5. The van der Waals surface area contributed by atoms with Crippen LogP contribution < -0.4 is 32.3 Å². The van der Waals surface area contributed by atoms with Crippen LogP contribution in [0.4, 0.5) is 0 Å².